The van der Waals surface area contributed by atoms with Crippen LogP contribution in [-0.2, 0) is 5.72 Å². The number of hydrogen-bond donors (Lipinski definition) is 1. The number of methoxy groups -OCH3 is 3. The monoisotopic (exact) mass is 397 g/mol. The van der Waals surface area contributed by atoms with E-state index < -0.39 is 5.72 Å². The SMILES string of the molecule is COc1ccc(N2C[C@@](O)(c3ccc(OC)c(OC)c3)[N+]3=C2CCCCC3)cc1. The van der Waals surface area contributed by atoms with Crippen molar-refractivity contribution < 1.29 is 23.9 Å². The third kappa shape index (κ3) is 3.42. The zero-order valence-electron chi connectivity index (χ0n) is 17.4. The Kier molecular flexibility index (Phi) is 5.37. The van der Waals surface area contributed by atoms with Gasteiger partial charge in [-0.2, -0.15) is 0 Å². The van der Waals surface area contributed by atoms with Crippen molar-refractivity contribution >= 4 is 11.5 Å². The van der Waals surface area contributed by atoms with Gasteiger partial charge in [0, 0.05) is 12.0 Å². The average Bonchev–Trinajstić information content (AvgIpc) is 2.91. The molecule has 0 saturated carbocycles. The lowest BCUT2D eigenvalue weighted by Crippen LogP contribution is -2.41. The lowest BCUT2D eigenvalue weighted by Gasteiger charge is -2.24. The molecule has 1 atom stereocenters. The maximum absolute atomic E-state index is 11.9. The van der Waals surface area contributed by atoms with Crippen molar-refractivity contribution in [3.8, 4) is 17.2 Å². The number of nitrogens with zero attached hydrogens (tertiary/aromatic N) is 2. The van der Waals surface area contributed by atoms with E-state index in [9.17, 15) is 5.11 Å². The minimum Gasteiger partial charge on any atom is -0.497 e. The largest absolute Gasteiger partial charge is 0.497 e. The molecule has 2 aliphatic rings. The number of ether oxygens (including phenoxy) is 3. The number of β-amino-alcohol motifs (C(OH)–C–C–N with tert-alkyl or cyclic N) is 1. The van der Waals surface area contributed by atoms with E-state index in [1.165, 1.54) is 12.3 Å². The topological polar surface area (TPSA) is 54.2 Å². The molecule has 6 heteroatoms. The molecule has 29 heavy (non-hydrogen) atoms. The van der Waals surface area contributed by atoms with Crippen LogP contribution in [0.3, 0.4) is 0 Å². The zero-order valence-corrected chi connectivity index (χ0v) is 17.4. The first kappa shape index (κ1) is 19.6. The Balaban J connectivity index is 1.78. The summed E-state index contributed by atoms with van der Waals surface area (Å²) in [4.78, 5) is 2.24. The summed E-state index contributed by atoms with van der Waals surface area (Å²) in [5.41, 5.74) is 0.744. The third-order valence-corrected chi connectivity index (χ3v) is 5.96. The highest BCUT2D eigenvalue weighted by molar-refractivity contribution is 5.96. The Morgan fingerprint density at radius 2 is 1.66 bits per heavy atom. The fraction of sp³-hybridized carbons (Fsp3) is 0.435. The van der Waals surface area contributed by atoms with Gasteiger partial charge in [0.15, 0.2) is 18.0 Å². The van der Waals surface area contributed by atoms with Crippen LogP contribution in [0.1, 0.15) is 31.2 Å². The molecule has 0 aromatic heterocycles. The highest BCUT2D eigenvalue weighted by Crippen LogP contribution is 2.39. The zero-order chi connectivity index (χ0) is 20.4. The van der Waals surface area contributed by atoms with Crippen LogP contribution in [0.5, 0.6) is 17.2 Å². The second-order valence-electron chi connectivity index (χ2n) is 7.55. The summed E-state index contributed by atoms with van der Waals surface area (Å²) in [6.45, 7) is 1.29. The normalized spacial score (nSPS) is 21.6. The van der Waals surface area contributed by atoms with Crippen LogP contribution in [-0.4, -0.2) is 49.9 Å². The molecule has 4 rings (SSSR count). The van der Waals surface area contributed by atoms with Gasteiger partial charge >= 0.3 is 0 Å². The number of rotatable bonds is 5. The second-order valence-corrected chi connectivity index (χ2v) is 7.55. The van der Waals surface area contributed by atoms with Crippen LogP contribution in [0.25, 0.3) is 0 Å². The third-order valence-electron chi connectivity index (χ3n) is 5.96. The smallest absolute Gasteiger partial charge is 0.271 e. The van der Waals surface area contributed by atoms with Crippen molar-refractivity contribution in [3.63, 3.8) is 0 Å². The molecule has 6 nitrogen and oxygen atoms in total. The van der Waals surface area contributed by atoms with Gasteiger partial charge in [0.1, 0.15) is 11.4 Å². The van der Waals surface area contributed by atoms with Crippen LogP contribution < -0.4 is 19.1 Å². The van der Waals surface area contributed by atoms with Crippen LogP contribution in [0.4, 0.5) is 5.69 Å². The maximum Gasteiger partial charge on any atom is 0.271 e. The standard InChI is InChI=1S/C23H29N2O4/c1-27-19-11-9-18(10-12-19)24-16-23(26,25-14-6-4-5-7-22(24)25)17-8-13-20(28-2)21(15-17)29-3/h8-13,15,26H,4-7,14,16H2,1-3H3/q+1/t23-/m1/s1. The van der Waals surface area contributed by atoms with Crippen molar-refractivity contribution in [1.82, 2.24) is 0 Å². The van der Waals surface area contributed by atoms with E-state index in [4.69, 9.17) is 14.2 Å². The van der Waals surface area contributed by atoms with Gasteiger partial charge in [0.2, 0.25) is 0 Å². The molecule has 154 valence electrons. The molecule has 2 aliphatic heterocycles. The van der Waals surface area contributed by atoms with Gasteiger partial charge in [0.05, 0.1) is 27.9 Å². The first-order valence-electron chi connectivity index (χ1n) is 10.1. The minimum atomic E-state index is -1.13. The van der Waals surface area contributed by atoms with Gasteiger partial charge in [-0.3, -0.25) is 0 Å². The summed E-state index contributed by atoms with van der Waals surface area (Å²) in [6.07, 6.45) is 4.30. The van der Waals surface area contributed by atoms with E-state index >= 15 is 0 Å². The van der Waals surface area contributed by atoms with Crippen LogP contribution >= 0.6 is 0 Å². The summed E-state index contributed by atoms with van der Waals surface area (Å²) >= 11 is 0. The van der Waals surface area contributed by atoms with Crippen LogP contribution in [0.15, 0.2) is 42.5 Å². The van der Waals surface area contributed by atoms with Crippen molar-refractivity contribution in [2.75, 3.05) is 39.3 Å². The molecule has 0 bridgehead atoms. The molecule has 0 saturated heterocycles. The molecule has 0 amide bonds. The first-order chi connectivity index (χ1) is 14.1. The van der Waals surface area contributed by atoms with E-state index in [-0.39, 0.29) is 0 Å². The predicted octanol–water partition coefficient (Wildman–Crippen LogP) is 3.36. The molecule has 0 fully saturated rings. The molecular formula is C23H29N2O4+. The van der Waals surface area contributed by atoms with Crippen LogP contribution in [0.2, 0.25) is 0 Å². The molecule has 0 spiro atoms. The van der Waals surface area contributed by atoms with Gasteiger partial charge in [-0.1, -0.05) is 0 Å². The summed E-state index contributed by atoms with van der Waals surface area (Å²) in [7, 11) is 4.91. The molecule has 2 aromatic carbocycles. The lowest BCUT2D eigenvalue weighted by atomic mass is 10.0. The van der Waals surface area contributed by atoms with Crippen molar-refractivity contribution in [2.24, 2.45) is 0 Å². The highest BCUT2D eigenvalue weighted by Gasteiger charge is 2.52. The average molecular weight is 397 g/mol. The molecule has 2 heterocycles. The highest BCUT2D eigenvalue weighted by atomic mass is 16.5. The number of benzene rings is 2. The summed E-state index contributed by atoms with van der Waals surface area (Å²) in [6, 6.07) is 13.7. The van der Waals surface area contributed by atoms with Gasteiger partial charge < -0.3 is 19.3 Å². The molecule has 2 aromatic rings. The lowest BCUT2D eigenvalue weighted by molar-refractivity contribution is -0.658. The number of hydrogen-bond acceptors (Lipinski definition) is 5. The van der Waals surface area contributed by atoms with Gasteiger partial charge in [-0.25, -0.2) is 9.48 Å². The molecule has 1 N–H and O–H groups in total. The maximum atomic E-state index is 11.9. The van der Waals surface area contributed by atoms with E-state index in [2.05, 4.69) is 21.6 Å². The second kappa shape index (κ2) is 7.95. The number of amidine groups is 1. The molecule has 0 aliphatic carbocycles. The Bertz CT molecular complexity index is 910. The van der Waals surface area contributed by atoms with Crippen molar-refractivity contribution in [3.05, 3.63) is 48.0 Å². The Morgan fingerprint density at radius 1 is 0.897 bits per heavy atom. The first-order valence-corrected chi connectivity index (χ1v) is 10.1. The van der Waals surface area contributed by atoms with Crippen molar-refractivity contribution in [1.29, 1.82) is 0 Å². The van der Waals surface area contributed by atoms with E-state index in [1.807, 2.05) is 30.3 Å². The van der Waals surface area contributed by atoms with Crippen molar-refractivity contribution in [2.45, 2.75) is 31.4 Å². The molecule has 0 unspecified atom stereocenters. The van der Waals surface area contributed by atoms with E-state index in [0.29, 0.717) is 18.0 Å². The van der Waals surface area contributed by atoms with Gasteiger partial charge in [-0.05, 0) is 61.7 Å². The minimum absolute atomic E-state index is 0.462. The quantitative estimate of drug-likeness (QED) is 0.784. The van der Waals surface area contributed by atoms with Crippen LogP contribution in [0, 0.1) is 0 Å². The van der Waals surface area contributed by atoms with Gasteiger partial charge in [0.25, 0.3) is 11.6 Å². The molecule has 0 radical (unpaired) electrons. The van der Waals surface area contributed by atoms with E-state index in [1.54, 1.807) is 21.3 Å². The Morgan fingerprint density at radius 3 is 2.34 bits per heavy atom. The molecular weight excluding hydrogens is 368 g/mol. The predicted molar refractivity (Wildman–Crippen MR) is 112 cm³/mol. The summed E-state index contributed by atoms with van der Waals surface area (Å²) < 4.78 is 18.3. The van der Waals surface area contributed by atoms with Gasteiger partial charge in [-0.15, -0.1) is 0 Å². The van der Waals surface area contributed by atoms with E-state index in [0.717, 1.165) is 42.8 Å². The Hall–Kier alpha value is -2.73. The number of aliphatic hydroxyl groups is 1. The fourth-order valence-electron chi connectivity index (χ4n) is 4.40. The number of anilines is 1. The summed E-state index contributed by atoms with van der Waals surface area (Å²) in [5.74, 6) is 3.28. The fourth-order valence-corrected chi connectivity index (χ4v) is 4.40. The summed E-state index contributed by atoms with van der Waals surface area (Å²) in [5, 5.41) is 11.9. The Labute approximate surface area is 171 Å².